The Morgan fingerprint density at radius 1 is 1.28 bits per heavy atom. The first kappa shape index (κ1) is 21.2. The Morgan fingerprint density at radius 2 is 1.96 bits per heavy atom. The van der Waals surface area contributed by atoms with Gasteiger partial charge in [-0.3, -0.25) is 4.79 Å². The number of benzene rings is 1. The second-order valence-corrected chi connectivity index (χ2v) is 6.80. The smallest absolute Gasteiger partial charge is 0.311 e. The molecule has 3 unspecified atom stereocenters. The molecule has 2 rings (SSSR count). The molecule has 1 aliphatic carbocycles. The quantitative estimate of drug-likeness (QED) is 0.429. The third-order valence-electron chi connectivity index (χ3n) is 4.08. The average Bonchev–Trinajstić information content (AvgIpc) is 3.28. The van der Waals surface area contributed by atoms with Gasteiger partial charge in [-0.05, 0) is 30.1 Å². The highest BCUT2D eigenvalue weighted by molar-refractivity contribution is 7.80. The molecule has 1 saturated carbocycles. The van der Waals surface area contributed by atoms with Gasteiger partial charge < -0.3 is 10.6 Å². The Labute approximate surface area is 156 Å². The zero-order valence-corrected chi connectivity index (χ0v) is 16.1. The number of nitrogens with zero attached hydrogens (tertiary/aromatic N) is 1. The standard InChI is InChI=1S/C14H19NO2S.C3H6N2OS/c1-2-3-5-10-12-13(14(12)15-18(16)17)11-8-6-4-7-9-11;1-4-3(7)5-2-6/h4,6-9,12-14H,2-3,5,10H2,1H3;2H,1H3,(H2,4,5,6,7). The van der Waals surface area contributed by atoms with Crippen LogP contribution in [0.3, 0.4) is 0 Å². The van der Waals surface area contributed by atoms with Crippen molar-refractivity contribution in [2.75, 3.05) is 7.05 Å². The number of carbonyl (C=O) groups excluding carboxylic acids is 1. The summed E-state index contributed by atoms with van der Waals surface area (Å²) in [5.41, 5.74) is 1.22. The topological polar surface area (TPSA) is 87.6 Å². The molecule has 1 fully saturated rings. The molecule has 0 aliphatic heterocycles. The minimum Gasteiger partial charge on any atom is -0.365 e. The maximum atomic E-state index is 10.7. The van der Waals surface area contributed by atoms with Crippen LogP contribution in [-0.2, 0) is 15.3 Å². The molecule has 0 aromatic heterocycles. The molecular weight excluding hydrogens is 358 g/mol. The molecule has 2 N–H and O–H groups in total. The summed E-state index contributed by atoms with van der Waals surface area (Å²) in [5.74, 6) is 0.720. The van der Waals surface area contributed by atoms with E-state index in [1.807, 2.05) is 18.2 Å². The van der Waals surface area contributed by atoms with Crippen molar-refractivity contribution in [3.63, 3.8) is 0 Å². The van der Waals surface area contributed by atoms with E-state index in [4.69, 9.17) is 0 Å². The Morgan fingerprint density at radius 3 is 2.44 bits per heavy atom. The molecule has 1 aromatic rings. The highest BCUT2D eigenvalue weighted by Crippen LogP contribution is 2.52. The average molecular weight is 384 g/mol. The zero-order valence-electron chi connectivity index (χ0n) is 14.5. The Hall–Kier alpha value is -1.80. The van der Waals surface area contributed by atoms with Crippen molar-refractivity contribution in [3.8, 4) is 0 Å². The van der Waals surface area contributed by atoms with Crippen molar-refractivity contribution in [1.29, 1.82) is 0 Å². The Kier molecular flexibility index (Phi) is 9.94. The molecule has 138 valence electrons. The van der Waals surface area contributed by atoms with Gasteiger partial charge in [0, 0.05) is 13.0 Å². The van der Waals surface area contributed by atoms with E-state index in [9.17, 15) is 13.2 Å². The van der Waals surface area contributed by atoms with Crippen LogP contribution < -0.4 is 10.6 Å². The van der Waals surface area contributed by atoms with Gasteiger partial charge in [0.1, 0.15) is 0 Å². The predicted octanol–water partition coefficient (Wildman–Crippen LogP) is 2.65. The maximum absolute atomic E-state index is 10.7. The summed E-state index contributed by atoms with van der Waals surface area (Å²) in [6, 6.07) is 10.1. The maximum Gasteiger partial charge on any atom is 0.311 e. The fourth-order valence-corrected chi connectivity index (χ4v) is 3.36. The summed E-state index contributed by atoms with van der Waals surface area (Å²) in [6.07, 6.45) is 5.18. The Bertz CT molecular complexity index is 670. The third-order valence-corrected chi connectivity index (χ3v) is 4.81. The predicted molar refractivity (Wildman–Crippen MR) is 103 cm³/mol. The molecule has 0 heterocycles. The number of amides is 1. The van der Waals surface area contributed by atoms with Gasteiger partial charge in [-0.25, -0.2) is 0 Å². The molecule has 1 aromatic carbocycles. The second kappa shape index (κ2) is 11.7. The SMILES string of the molecule is CCCCCC1C(N=S(=O)=O)C1c1ccccc1.CNC(=S)NC=O. The molecule has 1 aliphatic rings. The number of nitrogens with one attached hydrogen (secondary N) is 2. The zero-order chi connectivity index (χ0) is 18.7. The molecule has 6 nitrogen and oxygen atoms in total. The second-order valence-electron chi connectivity index (χ2n) is 5.75. The number of hydrogen-bond donors (Lipinski definition) is 2. The fourth-order valence-electron chi connectivity index (χ4n) is 2.82. The van der Waals surface area contributed by atoms with Crippen molar-refractivity contribution < 1.29 is 13.2 Å². The van der Waals surface area contributed by atoms with Crippen LogP contribution in [0.25, 0.3) is 0 Å². The van der Waals surface area contributed by atoms with Crippen LogP contribution in [0.4, 0.5) is 0 Å². The summed E-state index contributed by atoms with van der Waals surface area (Å²) in [4.78, 5) is 9.54. The van der Waals surface area contributed by atoms with Crippen LogP contribution in [0.5, 0.6) is 0 Å². The highest BCUT2D eigenvalue weighted by Gasteiger charge is 2.50. The first-order valence-corrected chi connectivity index (χ1v) is 9.76. The van der Waals surface area contributed by atoms with E-state index < -0.39 is 10.5 Å². The minimum atomic E-state index is -2.28. The van der Waals surface area contributed by atoms with Gasteiger partial charge in [-0.15, -0.1) is 0 Å². The van der Waals surface area contributed by atoms with Gasteiger partial charge in [0.25, 0.3) is 0 Å². The van der Waals surface area contributed by atoms with E-state index >= 15 is 0 Å². The van der Waals surface area contributed by atoms with Crippen molar-refractivity contribution in [1.82, 2.24) is 10.6 Å². The first-order valence-electron chi connectivity index (χ1n) is 8.32. The number of unbranched alkanes of at least 4 members (excludes halogenated alkanes) is 2. The van der Waals surface area contributed by atoms with Crippen molar-refractivity contribution in [2.24, 2.45) is 10.3 Å². The van der Waals surface area contributed by atoms with Crippen molar-refractivity contribution in [3.05, 3.63) is 35.9 Å². The molecule has 3 atom stereocenters. The van der Waals surface area contributed by atoms with Crippen LogP contribution in [0, 0.1) is 5.92 Å². The highest BCUT2D eigenvalue weighted by atomic mass is 32.2. The van der Waals surface area contributed by atoms with Gasteiger partial charge >= 0.3 is 10.5 Å². The van der Waals surface area contributed by atoms with Crippen LogP contribution >= 0.6 is 12.2 Å². The Balaban J connectivity index is 0.000000381. The summed E-state index contributed by atoms with van der Waals surface area (Å²) in [5, 5.41) is 5.13. The lowest BCUT2D eigenvalue weighted by molar-refractivity contribution is -0.108. The summed E-state index contributed by atoms with van der Waals surface area (Å²) < 4.78 is 25.3. The van der Waals surface area contributed by atoms with E-state index in [0.29, 0.717) is 23.4 Å². The van der Waals surface area contributed by atoms with Crippen LogP contribution in [0.15, 0.2) is 34.7 Å². The number of carbonyl (C=O) groups is 1. The number of rotatable bonds is 7. The van der Waals surface area contributed by atoms with Crippen LogP contribution in [0.1, 0.15) is 44.1 Å². The normalized spacial score (nSPS) is 20.5. The summed E-state index contributed by atoms with van der Waals surface area (Å²) >= 11 is 4.50. The first-order chi connectivity index (χ1) is 12.0. The third kappa shape index (κ3) is 7.74. The van der Waals surface area contributed by atoms with Crippen molar-refractivity contribution in [2.45, 2.75) is 44.6 Å². The van der Waals surface area contributed by atoms with E-state index in [2.05, 4.69) is 46.3 Å². The van der Waals surface area contributed by atoms with E-state index in [0.717, 1.165) is 6.42 Å². The van der Waals surface area contributed by atoms with Crippen LogP contribution in [0.2, 0.25) is 0 Å². The van der Waals surface area contributed by atoms with E-state index in [1.54, 1.807) is 7.05 Å². The fraction of sp³-hybridized carbons (Fsp3) is 0.529. The molecule has 0 saturated heterocycles. The van der Waals surface area contributed by atoms with Gasteiger partial charge in [0.2, 0.25) is 6.41 Å². The van der Waals surface area contributed by atoms with Crippen molar-refractivity contribution >= 4 is 34.2 Å². The molecule has 0 bridgehead atoms. The summed E-state index contributed by atoms with van der Waals surface area (Å²) in [7, 11) is -0.643. The molecular formula is C17H25N3O3S2. The lowest BCUT2D eigenvalue weighted by atomic mass is 10.1. The molecule has 25 heavy (non-hydrogen) atoms. The molecule has 0 radical (unpaired) electrons. The largest absolute Gasteiger partial charge is 0.365 e. The molecule has 8 heteroatoms. The van der Waals surface area contributed by atoms with Gasteiger partial charge in [0.15, 0.2) is 5.11 Å². The molecule has 1 amide bonds. The van der Waals surface area contributed by atoms with Crippen LogP contribution in [-0.4, -0.2) is 33.0 Å². The number of thiocarbonyl (C=S) groups is 1. The minimum absolute atomic E-state index is 0.0254. The monoisotopic (exact) mass is 383 g/mol. The van der Waals surface area contributed by atoms with E-state index in [1.165, 1.54) is 24.8 Å². The lowest BCUT2D eigenvalue weighted by Crippen LogP contribution is -2.30. The molecule has 0 spiro atoms. The van der Waals surface area contributed by atoms with Gasteiger partial charge in [-0.2, -0.15) is 12.8 Å². The number of hydrogen-bond acceptors (Lipinski definition) is 5. The van der Waals surface area contributed by atoms with E-state index in [-0.39, 0.29) is 6.04 Å². The summed E-state index contributed by atoms with van der Waals surface area (Å²) in [6.45, 7) is 2.18. The van der Waals surface area contributed by atoms with Gasteiger partial charge in [0.05, 0.1) is 6.04 Å². The van der Waals surface area contributed by atoms with Gasteiger partial charge in [-0.1, -0.05) is 56.5 Å². The lowest BCUT2D eigenvalue weighted by Gasteiger charge is -1.99.